The SMILES string of the molecule is O=C(O)[C@H](Cc1ccc(O)cc1)NS(=O)(=O)c1ccc(Br)cc1. The average Bonchev–Trinajstić information content (AvgIpc) is 2.49. The van der Waals surface area contributed by atoms with Crippen LogP contribution >= 0.6 is 15.9 Å². The largest absolute Gasteiger partial charge is 0.508 e. The third-order valence-electron chi connectivity index (χ3n) is 3.10. The van der Waals surface area contributed by atoms with E-state index < -0.39 is 22.0 Å². The normalized spacial score (nSPS) is 12.7. The lowest BCUT2D eigenvalue weighted by Crippen LogP contribution is -2.42. The third-order valence-corrected chi connectivity index (χ3v) is 5.11. The predicted molar refractivity (Wildman–Crippen MR) is 87.7 cm³/mol. The number of rotatable bonds is 6. The second-order valence-corrected chi connectivity index (χ2v) is 7.47. The first-order valence-corrected chi connectivity index (χ1v) is 8.84. The summed E-state index contributed by atoms with van der Waals surface area (Å²) < 4.78 is 27.5. The van der Waals surface area contributed by atoms with Gasteiger partial charge in [0, 0.05) is 4.47 Å². The van der Waals surface area contributed by atoms with Crippen LogP contribution in [0.15, 0.2) is 57.9 Å². The number of hydrogen-bond donors (Lipinski definition) is 3. The summed E-state index contributed by atoms with van der Waals surface area (Å²) in [5, 5.41) is 18.5. The molecule has 0 amide bonds. The van der Waals surface area contributed by atoms with E-state index in [9.17, 15) is 23.4 Å². The Morgan fingerprint density at radius 2 is 1.65 bits per heavy atom. The van der Waals surface area contributed by atoms with Gasteiger partial charge in [0.2, 0.25) is 10.0 Å². The molecule has 0 aromatic heterocycles. The number of phenols is 1. The molecule has 0 fully saturated rings. The number of carbonyl (C=O) groups is 1. The maximum absolute atomic E-state index is 12.3. The molecule has 0 aliphatic carbocycles. The van der Waals surface area contributed by atoms with Crippen molar-refractivity contribution >= 4 is 31.9 Å². The topological polar surface area (TPSA) is 104 Å². The van der Waals surface area contributed by atoms with Crippen molar-refractivity contribution in [3.63, 3.8) is 0 Å². The van der Waals surface area contributed by atoms with Gasteiger partial charge < -0.3 is 10.2 Å². The molecule has 2 aromatic carbocycles. The number of phenolic OH excluding ortho intramolecular Hbond substituents is 1. The molecule has 23 heavy (non-hydrogen) atoms. The Kier molecular flexibility index (Phi) is 5.40. The van der Waals surface area contributed by atoms with Gasteiger partial charge in [-0.3, -0.25) is 4.79 Å². The van der Waals surface area contributed by atoms with E-state index in [1.54, 1.807) is 24.3 Å². The van der Waals surface area contributed by atoms with Crippen LogP contribution in [0.2, 0.25) is 0 Å². The highest BCUT2D eigenvalue weighted by Gasteiger charge is 2.25. The molecule has 122 valence electrons. The molecular weight excluding hydrogens is 386 g/mol. The predicted octanol–water partition coefficient (Wildman–Crippen LogP) is 2.13. The van der Waals surface area contributed by atoms with Gasteiger partial charge in [-0.1, -0.05) is 28.1 Å². The zero-order chi connectivity index (χ0) is 17.0. The summed E-state index contributed by atoms with van der Waals surface area (Å²) >= 11 is 3.21. The van der Waals surface area contributed by atoms with Crippen molar-refractivity contribution in [3.8, 4) is 5.75 Å². The number of sulfonamides is 1. The summed E-state index contributed by atoms with van der Waals surface area (Å²) in [5.41, 5.74) is 0.591. The molecular formula is C15H14BrNO5S. The van der Waals surface area contributed by atoms with E-state index in [0.717, 1.165) is 4.47 Å². The van der Waals surface area contributed by atoms with Crippen molar-refractivity contribution in [1.29, 1.82) is 0 Å². The fourth-order valence-corrected chi connectivity index (χ4v) is 3.37. The van der Waals surface area contributed by atoms with Crippen molar-refractivity contribution in [3.05, 3.63) is 58.6 Å². The molecule has 0 aliphatic heterocycles. The zero-order valence-electron chi connectivity index (χ0n) is 11.8. The van der Waals surface area contributed by atoms with Crippen LogP contribution in [0, 0.1) is 0 Å². The summed E-state index contributed by atoms with van der Waals surface area (Å²) in [7, 11) is -3.95. The Hall–Kier alpha value is -1.90. The van der Waals surface area contributed by atoms with Crippen molar-refractivity contribution in [2.24, 2.45) is 0 Å². The van der Waals surface area contributed by atoms with Gasteiger partial charge in [-0.2, -0.15) is 4.72 Å². The quantitative estimate of drug-likeness (QED) is 0.689. The Labute approximate surface area is 142 Å². The van der Waals surface area contributed by atoms with Crippen LogP contribution in [0.25, 0.3) is 0 Å². The van der Waals surface area contributed by atoms with Gasteiger partial charge in [0.1, 0.15) is 11.8 Å². The standard InChI is InChI=1S/C15H14BrNO5S/c16-11-3-7-13(8-4-11)23(21,22)17-14(15(19)20)9-10-1-5-12(18)6-2-10/h1-8,14,17-18H,9H2,(H,19,20)/t14-/m0/s1. The lowest BCUT2D eigenvalue weighted by molar-refractivity contribution is -0.138. The van der Waals surface area contributed by atoms with E-state index in [1.165, 1.54) is 24.3 Å². The van der Waals surface area contributed by atoms with E-state index in [0.29, 0.717) is 5.56 Å². The second-order valence-electron chi connectivity index (χ2n) is 4.84. The van der Waals surface area contributed by atoms with E-state index in [1.807, 2.05) is 0 Å². The van der Waals surface area contributed by atoms with Gasteiger partial charge in [0.25, 0.3) is 0 Å². The van der Waals surface area contributed by atoms with Crippen LogP contribution in [0.4, 0.5) is 0 Å². The highest BCUT2D eigenvalue weighted by atomic mass is 79.9. The fourth-order valence-electron chi connectivity index (χ4n) is 1.92. The second kappa shape index (κ2) is 7.12. The number of hydrogen-bond acceptors (Lipinski definition) is 4. The minimum Gasteiger partial charge on any atom is -0.508 e. The van der Waals surface area contributed by atoms with Gasteiger partial charge in [-0.15, -0.1) is 0 Å². The Morgan fingerprint density at radius 1 is 1.09 bits per heavy atom. The summed E-state index contributed by atoms with van der Waals surface area (Å²) in [6.45, 7) is 0. The number of benzene rings is 2. The van der Waals surface area contributed by atoms with Crippen LogP contribution in [-0.2, 0) is 21.2 Å². The highest BCUT2D eigenvalue weighted by Crippen LogP contribution is 2.16. The molecule has 6 nitrogen and oxygen atoms in total. The monoisotopic (exact) mass is 399 g/mol. The van der Waals surface area contributed by atoms with Crippen molar-refractivity contribution in [1.82, 2.24) is 4.72 Å². The van der Waals surface area contributed by atoms with Gasteiger partial charge in [0.05, 0.1) is 4.90 Å². The number of aromatic hydroxyl groups is 1. The summed E-state index contributed by atoms with van der Waals surface area (Å²) in [6, 6.07) is 10.5. The molecule has 8 heteroatoms. The lowest BCUT2D eigenvalue weighted by Gasteiger charge is -2.15. The van der Waals surface area contributed by atoms with Gasteiger partial charge in [-0.05, 0) is 48.4 Å². The Morgan fingerprint density at radius 3 is 2.17 bits per heavy atom. The summed E-state index contributed by atoms with van der Waals surface area (Å²) in [6.07, 6.45) is -0.0363. The molecule has 0 radical (unpaired) electrons. The van der Waals surface area contributed by atoms with Gasteiger partial charge in [0.15, 0.2) is 0 Å². The molecule has 0 heterocycles. The van der Waals surface area contributed by atoms with Crippen LogP contribution < -0.4 is 4.72 Å². The van der Waals surface area contributed by atoms with Crippen LogP contribution in [0.5, 0.6) is 5.75 Å². The molecule has 2 rings (SSSR count). The van der Waals surface area contributed by atoms with E-state index in [4.69, 9.17) is 0 Å². The minimum atomic E-state index is -3.95. The minimum absolute atomic E-state index is 0.0161. The molecule has 3 N–H and O–H groups in total. The number of halogens is 1. The zero-order valence-corrected chi connectivity index (χ0v) is 14.2. The van der Waals surface area contributed by atoms with Gasteiger partial charge in [-0.25, -0.2) is 8.42 Å². The summed E-state index contributed by atoms with van der Waals surface area (Å²) in [4.78, 5) is 11.3. The van der Waals surface area contributed by atoms with Crippen LogP contribution in [0.1, 0.15) is 5.56 Å². The Bertz CT molecular complexity index is 788. The third kappa shape index (κ3) is 4.78. The molecule has 0 aliphatic rings. The molecule has 1 atom stereocenters. The van der Waals surface area contributed by atoms with Gasteiger partial charge >= 0.3 is 5.97 Å². The molecule has 0 saturated heterocycles. The van der Waals surface area contributed by atoms with E-state index >= 15 is 0 Å². The molecule has 0 bridgehead atoms. The first-order valence-electron chi connectivity index (χ1n) is 6.56. The van der Waals surface area contributed by atoms with E-state index in [2.05, 4.69) is 20.7 Å². The highest BCUT2D eigenvalue weighted by molar-refractivity contribution is 9.10. The van der Waals surface area contributed by atoms with E-state index in [-0.39, 0.29) is 17.1 Å². The number of carboxylic acids is 1. The van der Waals surface area contributed by atoms with Crippen molar-refractivity contribution in [2.75, 3.05) is 0 Å². The first kappa shape index (κ1) is 17.5. The number of carboxylic acid groups (broad SMARTS) is 1. The van der Waals surface area contributed by atoms with Crippen molar-refractivity contribution < 1.29 is 23.4 Å². The molecule has 2 aromatic rings. The smallest absolute Gasteiger partial charge is 0.322 e. The van der Waals surface area contributed by atoms with Crippen LogP contribution in [0.3, 0.4) is 0 Å². The van der Waals surface area contributed by atoms with Crippen molar-refractivity contribution in [2.45, 2.75) is 17.4 Å². The number of nitrogens with one attached hydrogen (secondary N) is 1. The molecule has 0 unspecified atom stereocenters. The lowest BCUT2D eigenvalue weighted by atomic mass is 10.1. The maximum atomic E-state index is 12.3. The van der Waals surface area contributed by atoms with Crippen LogP contribution in [-0.4, -0.2) is 30.6 Å². The molecule has 0 saturated carbocycles. The Balaban J connectivity index is 2.20. The fraction of sp³-hybridized carbons (Fsp3) is 0.133. The number of aliphatic carboxylic acids is 1. The summed E-state index contributed by atoms with van der Waals surface area (Å²) in [5.74, 6) is -1.23. The maximum Gasteiger partial charge on any atom is 0.322 e. The first-order chi connectivity index (χ1) is 10.8. The molecule has 0 spiro atoms. The average molecular weight is 400 g/mol.